The number of aryl methyl sites for hydroxylation is 1. The Morgan fingerprint density at radius 3 is 2.48 bits per heavy atom. The van der Waals surface area contributed by atoms with Crippen LogP contribution in [0.3, 0.4) is 0 Å². The van der Waals surface area contributed by atoms with Crippen molar-refractivity contribution in [3.8, 4) is 0 Å². The fourth-order valence-corrected chi connectivity index (χ4v) is 3.11. The molecule has 0 aliphatic heterocycles. The molecule has 0 saturated carbocycles. The molecular weight excluding hydrogens is 340 g/mol. The zero-order chi connectivity index (χ0) is 19.2. The van der Waals surface area contributed by atoms with Crippen molar-refractivity contribution in [2.75, 3.05) is 23.3 Å². The number of hydrogen-bond donors (Lipinski definition) is 1. The van der Waals surface area contributed by atoms with Crippen LogP contribution in [0, 0.1) is 0 Å². The van der Waals surface area contributed by atoms with E-state index in [9.17, 15) is 9.59 Å². The topological polar surface area (TPSA) is 67.2 Å². The Morgan fingerprint density at radius 1 is 1.07 bits per heavy atom. The van der Waals surface area contributed by atoms with Gasteiger partial charge in [-0.3, -0.25) is 14.3 Å². The lowest BCUT2D eigenvalue weighted by Gasteiger charge is -2.21. The molecule has 3 rings (SSSR count). The molecule has 1 heterocycles. The number of nitrogens with one attached hydrogen (secondary N) is 1. The minimum absolute atomic E-state index is 0.0878. The van der Waals surface area contributed by atoms with Gasteiger partial charge in [0.1, 0.15) is 0 Å². The average molecular weight is 364 g/mol. The van der Waals surface area contributed by atoms with Gasteiger partial charge in [-0.05, 0) is 50.2 Å². The van der Waals surface area contributed by atoms with E-state index in [1.165, 1.54) is 6.20 Å². The summed E-state index contributed by atoms with van der Waals surface area (Å²) >= 11 is 0. The summed E-state index contributed by atoms with van der Waals surface area (Å²) in [5.74, 6) is -0.0878. The highest BCUT2D eigenvalue weighted by Crippen LogP contribution is 2.18. The third-order valence-corrected chi connectivity index (χ3v) is 4.59. The average Bonchev–Trinajstić information content (AvgIpc) is 2.70. The monoisotopic (exact) mass is 364 g/mol. The van der Waals surface area contributed by atoms with Crippen molar-refractivity contribution >= 4 is 28.2 Å². The fourth-order valence-electron chi connectivity index (χ4n) is 3.11. The van der Waals surface area contributed by atoms with Crippen LogP contribution in [0.5, 0.6) is 0 Å². The number of hydrogen-bond acceptors (Lipinski definition) is 4. The summed E-state index contributed by atoms with van der Waals surface area (Å²) in [6.07, 6.45) is 1.57. The van der Waals surface area contributed by atoms with Gasteiger partial charge in [-0.25, -0.2) is 0 Å². The number of anilines is 2. The fraction of sp³-hybridized carbons (Fsp3) is 0.286. The molecule has 1 aromatic heterocycles. The van der Waals surface area contributed by atoms with E-state index in [0.717, 1.165) is 30.0 Å². The molecule has 0 unspecified atom stereocenters. The van der Waals surface area contributed by atoms with E-state index in [-0.39, 0.29) is 17.8 Å². The lowest BCUT2D eigenvalue weighted by molar-refractivity contribution is -0.116. The van der Waals surface area contributed by atoms with Crippen LogP contribution in [0.4, 0.5) is 11.4 Å². The molecule has 1 N–H and O–H groups in total. The number of aromatic nitrogens is 2. The maximum absolute atomic E-state index is 12.3. The summed E-state index contributed by atoms with van der Waals surface area (Å²) in [6, 6.07) is 15.1. The number of carbonyl (C=O) groups excluding carboxylic acids is 1. The first kappa shape index (κ1) is 18.6. The largest absolute Gasteiger partial charge is 0.372 e. The van der Waals surface area contributed by atoms with Crippen LogP contribution in [0.2, 0.25) is 0 Å². The van der Waals surface area contributed by atoms with Gasteiger partial charge in [0, 0.05) is 36.3 Å². The Labute approximate surface area is 158 Å². The lowest BCUT2D eigenvalue weighted by atomic mass is 10.2. The highest BCUT2D eigenvalue weighted by atomic mass is 16.1. The van der Waals surface area contributed by atoms with Crippen molar-refractivity contribution in [3.05, 3.63) is 65.0 Å². The minimum Gasteiger partial charge on any atom is -0.372 e. The number of rotatable bonds is 7. The van der Waals surface area contributed by atoms with E-state index in [2.05, 4.69) is 29.2 Å². The third-order valence-electron chi connectivity index (χ3n) is 4.59. The summed E-state index contributed by atoms with van der Waals surface area (Å²) in [7, 11) is 0. The lowest BCUT2D eigenvalue weighted by Crippen LogP contribution is -2.21. The number of carbonyl (C=O) groups is 1. The molecule has 6 nitrogen and oxygen atoms in total. The van der Waals surface area contributed by atoms with Crippen molar-refractivity contribution < 1.29 is 4.79 Å². The molecule has 27 heavy (non-hydrogen) atoms. The van der Waals surface area contributed by atoms with Gasteiger partial charge in [0.15, 0.2) is 0 Å². The molecule has 140 valence electrons. The smallest absolute Gasteiger partial charge is 0.226 e. The Hall–Kier alpha value is -3.15. The number of fused-ring (bicyclic) bond motifs is 1. The number of benzene rings is 2. The Bertz CT molecular complexity index is 975. The van der Waals surface area contributed by atoms with Crippen molar-refractivity contribution in [1.29, 1.82) is 0 Å². The van der Waals surface area contributed by atoms with E-state index >= 15 is 0 Å². The quantitative estimate of drug-likeness (QED) is 0.699. The van der Waals surface area contributed by atoms with Crippen LogP contribution in [-0.2, 0) is 11.3 Å². The van der Waals surface area contributed by atoms with Gasteiger partial charge in [-0.2, -0.15) is 5.10 Å². The van der Waals surface area contributed by atoms with Gasteiger partial charge in [-0.1, -0.05) is 12.1 Å². The van der Waals surface area contributed by atoms with Crippen LogP contribution in [-0.4, -0.2) is 28.8 Å². The first-order chi connectivity index (χ1) is 13.1. The Balaban J connectivity index is 1.64. The summed E-state index contributed by atoms with van der Waals surface area (Å²) in [4.78, 5) is 26.4. The first-order valence-corrected chi connectivity index (χ1v) is 9.22. The van der Waals surface area contributed by atoms with Crippen LogP contribution in [0.15, 0.2) is 59.5 Å². The molecule has 6 heteroatoms. The summed E-state index contributed by atoms with van der Waals surface area (Å²) < 4.78 is 1.69. The van der Waals surface area contributed by atoms with E-state index in [1.54, 1.807) is 10.7 Å². The summed E-state index contributed by atoms with van der Waals surface area (Å²) in [5.41, 5.74) is 2.54. The molecule has 1 amide bonds. The molecular formula is C21H24N4O2. The molecule has 0 atom stereocenters. The van der Waals surface area contributed by atoms with Crippen LogP contribution < -0.4 is 15.6 Å². The second kappa shape index (κ2) is 8.49. The Kier molecular flexibility index (Phi) is 5.86. The number of nitrogens with zero attached hydrogens (tertiary/aromatic N) is 3. The SMILES string of the molecule is CCN(CC)c1ccc(NC(=O)CCn2ncc(=O)c3ccccc32)cc1. The van der Waals surface area contributed by atoms with E-state index in [1.807, 2.05) is 42.5 Å². The van der Waals surface area contributed by atoms with Gasteiger partial charge < -0.3 is 10.2 Å². The van der Waals surface area contributed by atoms with Crippen molar-refractivity contribution in [2.45, 2.75) is 26.8 Å². The predicted octanol–water partition coefficient (Wildman–Crippen LogP) is 3.27. The van der Waals surface area contributed by atoms with Gasteiger partial charge in [0.25, 0.3) is 0 Å². The molecule has 0 spiro atoms. The van der Waals surface area contributed by atoms with Gasteiger partial charge >= 0.3 is 0 Å². The molecule has 2 aromatic carbocycles. The van der Waals surface area contributed by atoms with Crippen LogP contribution in [0.1, 0.15) is 20.3 Å². The zero-order valence-corrected chi connectivity index (χ0v) is 15.7. The van der Waals surface area contributed by atoms with Gasteiger partial charge in [0.05, 0.1) is 18.3 Å². The number of para-hydroxylation sites is 1. The Morgan fingerprint density at radius 2 is 1.78 bits per heavy atom. The minimum atomic E-state index is -0.111. The van der Waals surface area contributed by atoms with Crippen molar-refractivity contribution in [1.82, 2.24) is 9.78 Å². The summed E-state index contributed by atoms with van der Waals surface area (Å²) in [6.45, 7) is 6.54. The normalized spacial score (nSPS) is 10.7. The van der Waals surface area contributed by atoms with Crippen molar-refractivity contribution in [3.63, 3.8) is 0 Å². The van der Waals surface area contributed by atoms with E-state index in [0.29, 0.717) is 11.9 Å². The molecule has 0 bridgehead atoms. The third kappa shape index (κ3) is 4.34. The maximum Gasteiger partial charge on any atom is 0.226 e. The molecule has 0 aliphatic rings. The molecule has 0 radical (unpaired) electrons. The maximum atomic E-state index is 12.3. The standard InChI is InChI=1S/C21H24N4O2/c1-3-24(4-2)17-11-9-16(10-12-17)23-21(27)13-14-25-19-8-6-5-7-18(19)20(26)15-22-25/h5-12,15H,3-4,13-14H2,1-2H3,(H,23,27). The zero-order valence-electron chi connectivity index (χ0n) is 15.7. The molecule has 0 aliphatic carbocycles. The van der Waals surface area contributed by atoms with Crippen molar-refractivity contribution in [2.24, 2.45) is 0 Å². The molecule has 0 fully saturated rings. The first-order valence-electron chi connectivity index (χ1n) is 9.22. The van der Waals surface area contributed by atoms with Crippen LogP contribution in [0.25, 0.3) is 10.9 Å². The molecule has 0 saturated heterocycles. The highest BCUT2D eigenvalue weighted by Gasteiger charge is 2.08. The van der Waals surface area contributed by atoms with E-state index in [4.69, 9.17) is 0 Å². The summed E-state index contributed by atoms with van der Waals surface area (Å²) in [5, 5.41) is 7.68. The highest BCUT2D eigenvalue weighted by molar-refractivity contribution is 5.91. The van der Waals surface area contributed by atoms with E-state index < -0.39 is 0 Å². The van der Waals surface area contributed by atoms with Crippen LogP contribution >= 0.6 is 0 Å². The number of amides is 1. The second-order valence-corrected chi connectivity index (χ2v) is 6.27. The van der Waals surface area contributed by atoms with Gasteiger partial charge in [-0.15, -0.1) is 0 Å². The predicted molar refractivity (Wildman–Crippen MR) is 109 cm³/mol. The van der Waals surface area contributed by atoms with Gasteiger partial charge in [0.2, 0.25) is 11.3 Å². The molecule has 3 aromatic rings. The second-order valence-electron chi connectivity index (χ2n) is 6.27.